The second-order valence-electron chi connectivity index (χ2n) is 6.31. The molecule has 1 aliphatic rings. The van der Waals surface area contributed by atoms with Gasteiger partial charge in [-0.2, -0.15) is 0 Å². The molecule has 118 valence electrons. The van der Waals surface area contributed by atoms with E-state index < -0.39 is 0 Å². The van der Waals surface area contributed by atoms with Crippen molar-refractivity contribution < 1.29 is 9.47 Å². The van der Waals surface area contributed by atoms with E-state index in [2.05, 4.69) is 43.1 Å². The zero-order valence-corrected chi connectivity index (χ0v) is 13.8. The molecule has 0 aromatic heterocycles. The molecule has 1 aromatic carbocycles. The molecule has 0 amide bonds. The van der Waals surface area contributed by atoms with Crippen molar-refractivity contribution in [1.82, 2.24) is 5.32 Å². The highest BCUT2D eigenvalue weighted by atomic mass is 16.5. The van der Waals surface area contributed by atoms with Crippen LogP contribution in [0.5, 0.6) is 11.5 Å². The third-order valence-electron chi connectivity index (χ3n) is 4.07. The molecule has 0 saturated carbocycles. The smallest absolute Gasteiger partial charge is 0.124 e. The highest BCUT2D eigenvalue weighted by molar-refractivity contribution is 5.56. The minimum Gasteiger partial charge on any atom is -0.497 e. The molecule has 2 unspecified atom stereocenters. The van der Waals surface area contributed by atoms with E-state index in [0.29, 0.717) is 18.0 Å². The fraction of sp³-hybridized carbons (Fsp3) is 0.647. The van der Waals surface area contributed by atoms with E-state index in [4.69, 9.17) is 9.47 Å². The van der Waals surface area contributed by atoms with Crippen LogP contribution in [0.3, 0.4) is 0 Å². The molecule has 0 bridgehead atoms. The van der Waals surface area contributed by atoms with E-state index in [0.717, 1.165) is 24.6 Å². The summed E-state index contributed by atoms with van der Waals surface area (Å²) in [5, 5.41) is 3.65. The Bertz CT molecular complexity index is 440. The van der Waals surface area contributed by atoms with Gasteiger partial charge in [-0.3, -0.25) is 0 Å². The summed E-state index contributed by atoms with van der Waals surface area (Å²) in [5.41, 5.74) is 1.17. The second-order valence-corrected chi connectivity index (χ2v) is 6.31. The third kappa shape index (κ3) is 4.03. The highest BCUT2D eigenvalue weighted by Gasteiger charge is 2.26. The van der Waals surface area contributed by atoms with E-state index >= 15 is 0 Å². The van der Waals surface area contributed by atoms with Crippen LogP contribution in [0.1, 0.15) is 27.2 Å². The van der Waals surface area contributed by atoms with Crippen LogP contribution in [0.4, 0.5) is 5.69 Å². The summed E-state index contributed by atoms with van der Waals surface area (Å²) in [6.45, 7) is 8.84. The van der Waals surface area contributed by atoms with Gasteiger partial charge in [0.1, 0.15) is 11.5 Å². The van der Waals surface area contributed by atoms with Crippen molar-refractivity contribution in [2.24, 2.45) is 5.92 Å². The maximum atomic E-state index is 5.39. The summed E-state index contributed by atoms with van der Waals surface area (Å²) in [5.74, 6) is 2.39. The van der Waals surface area contributed by atoms with Gasteiger partial charge in [0.2, 0.25) is 0 Å². The molecule has 4 nitrogen and oxygen atoms in total. The highest BCUT2D eigenvalue weighted by Crippen LogP contribution is 2.30. The molecule has 1 heterocycles. The van der Waals surface area contributed by atoms with Crippen molar-refractivity contribution in [3.63, 3.8) is 0 Å². The van der Waals surface area contributed by atoms with Crippen LogP contribution >= 0.6 is 0 Å². The summed E-state index contributed by atoms with van der Waals surface area (Å²) in [7, 11) is 3.39. The van der Waals surface area contributed by atoms with Gasteiger partial charge in [-0.25, -0.2) is 0 Å². The molecular formula is C17H28N2O2. The quantitative estimate of drug-likeness (QED) is 0.905. The van der Waals surface area contributed by atoms with Gasteiger partial charge in [-0.15, -0.1) is 0 Å². The van der Waals surface area contributed by atoms with Crippen LogP contribution in [-0.4, -0.2) is 39.4 Å². The van der Waals surface area contributed by atoms with Crippen molar-refractivity contribution in [3.05, 3.63) is 18.2 Å². The molecular weight excluding hydrogens is 264 g/mol. The third-order valence-corrected chi connectivity index (χ3v) is 4.07. The van der Waals surface area contributed by atoms with Crippen LogP contribution in [0.25, 0.3) is 0 Å². The number of rotatable bonds is 5. The number of hydrogen-bond donors (Lipinski definition) is 1. The maximum Gasteiger partial charge on any atom is 0.124 e. The van der Waals surface area contributed by atoms with Gasteiger partial charge in [0.25, 0.3) is 0 Å². The Hall–Kier alpha value is -1.42. The van der Waals surface area contributed by atoms with Crippen molar-refractivity contribution in [1.29, 1.82) is 0 Å². The summed E-state index contributed by atoms with van der Waals surface area (Å²) in [6, 6.07) is 7.11. The number of methoxy groups -OCH3 is 2. The molecule has 1 fully saturated rings. The first-order valence-electron chi connectivity index (χ1n) is 7.76. The number of piperazine rings is 1. The molecule has 1 N–H and O–H groups in total. The Labute approximate surface area is 128 Å². The fourth-order valence-corrected chi connectivity index (χ4v) is 2.97. The molecule has 0 aliphatic carbocycles. The lowest BCUT2D eigenvalue weighted by Gasteiger charge is -2.41. The Morgan fingerprint density at radius 2 is 1.81 bits per heavy atom. The molecule has 1 saturated heterocycles. The molecule has 0 radical (unpaired) electrons. The number of nitrogens with one attached hydrogen (secondary N) is 1. The van der Waals surface area contributed by atoms with Crippen molar-refractivity contribution in [3.8, 4) is 11.5 Å². The lowest BCUT2D eigenvalue weighted by Crippen LogP contribution is -2.55. The van der Waals surface area contributed by atoms with Gasteiger partial charge < -0.3 is 19.7 Å². The van der Waals surface area contributed by atoms with Gasteiger partial charge in [-0.05, 0) is 19.3 Å². The number of nitrogens with zero attached hydrogens (tertiary/aromatic N) is 1. The summed E-state index contributed by atoms with van der Waals surface area (Å²) in [4.78, 5) is 2.45. The van der Waals surface area contributed by atoms with Crippen LogP contribution < -0.4 is 19.7 Å². The largest absolute Gasteiger partial charge is 0.497 e. The van der Waals surface area contributed by atoms with E-state index in [1.54, 1.807) is 14.2 Å². The summed E-state index contributed by atoms with van der Waals surface area (Å²) >= 11 is 0. The first-order chi connectivity index (χ1) is 10.0. The normalized spacial score (nSPS) is 22.5. The van der Waals surface area contributed by atoms with E-state index in [9.17, 15) is 0 Å². The molecule has 1 aromatic rings. The predicted molar refractivity (Wildman–Crippen MR) is 87.6 cm³/mol. The number of benzene rings is 1. The average molecular weight is 292 g/mol. The maximum absolute atomic E-state index is 5.39. The Balaban J connectivity index is 2.21. The average Bonchev–Trinajstić information content (AvgIpc) is 2.48. The zero-order chi connectivity index (χ0) is 15.4. The minimum absolute atomic E-state index is 0.463. The van der Waals surface area contributed by atoms with E-state index in [1.165, 1.54) is 12.1 Å². The van der Waals surface area contributed by atoms with E-state index in [-0.39, 0.29) is 0 Å². The molecule has 2 rings (SSSR count). The Morgan fingerprint density at radius 1 is 1.19 bits per heavy atom. The predicted octanol–water partition coefficient (Wildman–Crippen LogP) is 2.92. The lowest BCUT2D eigenvalue weighted by atomic mass is 9.99. The van der Waals surface area contributed by atoms with Gasteiger partial charge >= 0.3 is 0 Å². The summed E-state index contributed by atoms with van der Waals surface area (Å²) < 4.78 is 10.8. The number of anilines is 1. The molecule has 4 heteroatoms. The number of hydrogen-bond acceptors (Lipinski definition) is 4. The first-order valence-corrected chi connectivity index (χ1v) is 7.76. The van der Waals surface area contributed by atoms with Gasteiger partial charge in [-0.1, -0.05) is 13.8 Å². The minimum atomic E-state index is 0.463. The van der Waals surface area contributed by atoms with Crippen LogP contribution in [0.2, 0.25) is 0 Å². The molecule has 0 spiro atoms. The molecule has 1 aliphatic heterocycles. The topological polar surface area (TPSA) is 33.7 Å². The lowest BCUT2D eigenvalue weighted by molar-refractivity contribution is 0.354. The van der Waals surface area contributed by atoms with Crippen LogP contribution in [0.15, 0.2) is 18.2 Å². The Kier molecular flexibility index (Phi) is 5.34. The second kappa shape index (κ2) is 7.03. The first kappa shape index (κ1) is 16.0. The van der Waals surface area contributed by atoms with E-state index in [1.807, 2.05) is 6.07 Å². The van der Waals surface area contributed by atoms with Crippen molar-refractivity contribution in [2.45, 2.75) is 39.3 Å². The molecule has 2 atom stereocenters. The molecule has 21 heavy (non-hydrogen) atoms. The Morgan fingerprint density at radius 3 is 2.33 bits per heavy atom. The summed E-state index contributed by atoms with van der Waals surface area (Å²) in [6.07, 6.45) is 1.20. The van der Waals surface area contributed by atoms with Gasteiger partial charge in [0.15, 0.2) is 0 Å². The van der Waals surface area contributed by atoms with Crippen LogP contribution in [0, 0.1) is 5.92 Å². The van der Waals surface area contributed by atoms with Crippen molar-refractivity contribution in [2.75, 3.05) is 32.2 Å². The van der Waals surface area contributed by atoms with Gasteiger partial charge in [0, 0.05) is 49.1 Å². The zero-order valence-electron chi connectivity index (χ0n) is 13.8. The van der Waals surface area contributed by atoms with Crippen molar-refractivity contribution >= 4 is 5.69 Å². The number of ether oxygens (including phenoxy) is 2. The monoisotopic (exact) mass is 292 g/mol. The van der Waals surface area contributed by atoms with Gasteiger partial charge in [0.05, 0.1) is 14.2 Å². The van der Waals surface area contributed by atoms with Crippen LogP contribution in [-0.2, 0) is 0 Å². The standard InChI is InChI=1S/C17H28N2O2/c1-12(2)6-14-11-19(13(3)10-18-14)15-7-16(20-4)9-17(8-15)21-5/h7-9,12-14,18H,6,10-11H2,1-5H3. The SMILES string of the molecule is COc1cc(OC)cc(N2CC(CC(C)C)NCC2C)c1. The fourth-order valence-electron chi connectivity index (χ4n) is 2.97.